The second-order valence-corrected chi connectivity index (χ2v) is 7.92. The van der Waals surface area contributed by atoms with Crippen LogP contribution >= 0.6 is 0 Å². The second-order valence-electron chi connectivity index (χ2n) is 7.92. The molecule has 1 atom stereocenters. The third kappa shape index (κ3) is 6.59. The number of aromatic nitrogens is 3. The molecule has 0 spiro atoms. The lowest BCUT2D eigenvalue weighted by Gasteiger charge is -2.10. The van der Waals surface area contributed by atoms with Crippen LogP contribution in [0.3, 0.4) is 0 Å². The Bertz CT molecular complexity index is 1350. The van der Waals surface area contributed by atoms with E-state index in [0.717, 1.165) is 34.1 Å². The third-order valence-electron chi connectivity index (χ3n) is 5.09. The molecule has 0 aliphatic rings. The van der Waals surface area contributed by atoms with Gasteiger partial charge < -0.3 is 14.8 Å². The number of rotatable bonds is 5. The number of furan rings is 1. The van der Waals surface area contributed by atoms with Crippen molar-refractivity contribution in [1.82, 2.24) is 15.2 Å². The summed E-state index contributed by atoms with van der Waals surface area (Å²) in [6, 6.07) is 17.2. The van der Waals surface area contributed by atoms with Crippen molar-refractivity contribution in [3.05, 3.63) is 83.1 Å². The van der Waals surface area contributed by atoms with Crippen LogP contribution in [-0.4, -0.2) is 26.5 Å². The van der Waals surface area contributed by atoms with Gasteiger partial charge >= 0.3 is 0 Å². The summed E-state index contributed by atoms with van der Waals surface area (Å²) in [5.74, 6) is 0.945. The monoisotopic (exact) mass is 468 g/mol. The third-order valence-corrected chi connectivity index (χ3v) is 5.09. The molecule has 178 valence electrons. The molecule has 0 aliphatic heterocycles. The standard InChI is InChI=1S/C14H16N4.C13H12N2O2/c1-4-15-13-9-12(7-5-10(13)2)16-14-8-6-11(3)17-18-14;1-8-3-4-10(9(2)16)13(15-8)11-5-6-17-12(11)7-14/h4-9H,1-3H3,(H,16,18);3-6,9,16H,1-2H3. The van der Waals surface area contributed by atoms with Crippen LogP contribution in [-0.2, 0) is 0 Å². The summed E-state index contributed by atoms with van der Waals surface area (Å²) in [6.45, 7) is 9.39. The zero-order valence-electron chi connectivity index (χ0n) is 20.4. The van der Waals surface area contributed by atoms with E-state index in [4.69, 9.17) is 9.68 Å². The van der Waals surface area contributed by atoms with Gasteiger partial charge in [0.05, 0.1) is 35.0 Å². The molecule has 0 aliphatic carbocycles. The first-order valence-electron chi connectivity index (χ1n) is 11.1. The first-order valence-corrected chi connectivity index (χ1v) is 11.1. The first kappa shape index (κ1) is 25.3. The molecule has 3 aromatic heterocycles. The van der Waals surface area contributed by atoms with Gasteiger partial charge in [0.15, 0.2) is 5.82 Å². The Balaban J connectivity index is 0.000000196. The van der Waals surface area contributed by atoms with Crippen LogP contribution < -0.4 is 5.32 Å². The summed E-state index contributed by atoms with van der Waals surface area (Å²) in [5.41, 5.74) is 6.71. The normalized spacial score (nSPS) is 11.5. The first-order chi connectivity index (χ1) is 16.8. The number of nitrogens with zero attached hydrogens (tertiary/aromatic N) is 5. The predicted octanol–water partition coefficient (Wildman–Crippen LogP) is 6.13. The predicted molar refractivity (Wildman–Crippen MR) is 137 cm³/mol. The minimum Gasteiger partial charge on any atom is -0.453 e. The topological polar surface area (TPSA) is 120 Å². The molecule has 0 amide bonds. The maximum absolute atomic E-state index is 9.70. The lowest BCUT2D eigenvalue weighted by molar-refractivity contribution is 0.199. The fraction of sp³-hybridized carbons (Fsp3) is 0.222. The van der Waals surface area contributed by atoms with Crippen molar-refractivity contribution in [2.45, 2.75) is 40.7 Å². The van der Waals surface area contributed by atoms with E-state index in [1.807, 2.05) is 76.2 Å². The summed E-state index contributed by atoms with van der Waals surface area (Å²) in [6.07, 6.45) is 2.60. The van der Waals surface area contributed by atoms with E-state index in [0.29, 0.717) is 16.8 Å². The van der Waals surface area contributed by atoms with Crippen LogP contribution in [0.1, 0.15) is 48.2 Å². The molecule has 0 saturated carbocycles. The molecule has 8 heteroatoms. The number of benzene rings is 1. The highest BCUT2D eigenvalue weighted by Gasteiger charge is 2.16. The van der Waals surface area contributed by atoms with Gasteiger partial charge in [0.2, 0.25) is 5.76 Å². The Morgan fingerprint density at radius 2 is 1.83 bits per heavy atom. The number of aliphatic hydroxyl groups is 1. The number of anilines is 2. The van der Waals surface area contributed by atoms with Gasteiger partial charge in [-0.3, -0.25) is 9.98 Å². The summed E-state index contributed by atoms with van der Waals surface area (Å²) in [5, 5.41) is 29.9. The van der Waals surface area contributed by atoms with Gasteiger partial charge in [-0.2, -0.15) is 10.4 Å². The van der Waals surface area contributed by atoms with Crippen molar-refractivity contribution < 1.29 is 9.52 Å². The molecule has 0 fully saturated rings. The van der Waals surface area contributed by atoms with Crippen molar-refractivity contribution in [2.75, 3.05) is 5.32 Å². The van der Waals surface area contributed by atoms with E-state index >= 15 is 0 Å². The number of pyridine rings is 1. The Kier molecular flexibility index (Phi) is 8.43. The van der Waals surface area contributed by atoms with Crippen molar-refractivity contribution in [1.29, 1.82) is 5.26 Å². The van der Waals surface area contributed by atoms with Crippen LogP contribution in [0.25, 0.3) is 11.3 Å². The Labute approximate surface area is 205 Å². The minimum absolute atomic E-state index is 0.213. The zero-order chi connectivity index (χ0) is 25.4. The van der Waals surface area contributed by atoms with Crippen molar-refractivity contribution >= 4 is 23.4 Å². The van der Waals surface area contributed by atoms with Crippen molar-refractivity contribution in [3.63, 3.8) is 0 Å². The van der Waals surface area contributed by atoms with Crippen LogP contribution in [0.5, 0.6) is 0 Å². The fourth-order valence-electron chi connectivity index (χ4n) is 3.28. The molecule has 2 N–H and O–H groups in total. The zero-order valence-corrected chi connectivity index (χ0v) is 20.4. The average Bonchev–Trinajstić information content (AvgIpc) is 3.32. The van der Waals surface area contributed by atoms with Gasteiger partial charge in [-0.15, -0.1) is 5.10 Å². The van der Waals surface area contributed by atoms with Crippen LogP contribution in [0.15, 0.2) is 64.2 Å². The van der Waals surface area contributed by atoms with Crippen LogP contribution in [0.4, 0.5) is 17.2 Å². The molecule has 1 unspecified atom stereocenters. The van der Waals surface area contributed by atoms with E-state index in [2.05, 4.69) is 25.5 Å². The van der Waals surface area contributed by atoms with Crippen LogP contribution in [0, 0.1) is 32.1 Å². The van der Waals surface area contributed by atoms with E-state index < -0.39 is 6.10 Å². The largest absolute Gasteiger partial charge is 0.453 e. The quantitative estimate of drug-likeness (QED) is 0.338. The van der Waals surface area contributed by atoms with Crippen molar-refractivity contribution in [2.24, 2.45) is 4.99 Å². The highest BCUT2D eigenvalue weighted by Crippen LogP contribution is 2.30. The Morgan fingerprint density at radius 3 is 2.49 bits per heavy atom. The molecule has 0 bridgehead atoms. The van der Waals surface area contributed by atoms with Crippen LogP contribution in [0.2, 0.25) is 0 Å². The lowest BCUT2D eigenvalue weighted by Crippen LogP contribution is -1.99. The molecule has 3 heterocycles. The van der Waals surface area contributed by atoms with E-state index in [1.165, 1.54) is 6.26 Å². The highest BCUT2D eigenvalue weighted by molar-refractivity contribution is 5.69. The number of nitrogens with one attached hydrogen (secondary N) is 1. The average molecular weight is 469 g/mol. The van der Waals surface area contributed by atoms with Gasteiger partial charge in [0, 0.05) is 23.2 Å². The number of hydrogen-bond acceptors (Lipinski definition) is 8. The molecule has 0 saturated heterocycles. The molecule has 35 heavy (non-hydrogen) atoms. The molecule has 1 aromatic carbocycles. The second kappa shape index (κ2) is 11.7. The minimum atomic E-state index is -0.639. The summed E-state index contributed by atoms with van der Waals surface area (Å²) in [7, 11) is 0. The summed E-state index contributed by atoms with van der Waals surface area (Å²) >= 11 is 0. The molecular weight excluding hydrogens is 440 g/mol. The number of aliphatic imine (C=N–C) groups is 1. The van der Waals surface area contributed by atoms with E-state index in [-0.39, 0.29) is 5.76 Å². The Morgan fingerprint density at radius 1 is 1.06 bits per heavy atom. The van der Waals surface area contributed by atoms with Crippen molar-refractivity contribution in [3.8, 4) is 17.3 Å². The molecular formula is C27H28N6O2. The maximum Gasteiger partial charge on any atom is 0.212 e. The highest BCUT2D eigenvalue weighted by atomic mass is 16.3. The smallest absolute Gasteiger partial charge is 0.212 e. The number of aryl methyl sites for hydroxylation is 3. The van der Waals surface area contributed by atoms with E-state index in [1.54, 1.807) is 19.2 Å². The summed E-state index contributed by atoms with van der Waals surface area (Å²) < 4.78 is 5.06. The molecule has 8 nitrogen and oxygen atoms in total. The number of hydrogen-bond donors (Lipinski definition) is 2. The number of aliphatic hydroxyl groups excluding tert-OH is 1. The SMILES string of the molecule is CC=Nc1cc(Nc2ccc(C)nn2)ccc1C.Cc1ccc(C(C)O)c(-c2ccoc2C#N)n1. The molecule has 4 rings (SSSR count). The van der Waals surface area contributed by atoms with Gasteiger partial charge in [-0.1, -0.05) is 12.1 Å². The maximum atomic E-state index is 9.70. The lowest BCUT2D eigenvalue weighted by atomic mass is 10.0. The van der Waals surface area contributed by atoms with Gasteiger partial charge in [0.1, 0.15) is 6.07 Å². The number of nitriles is 1. The molecule has 4 aromatic rings. The van der Waals surface area contributed by atoms with Gasteiger partial charge in [-0.05, 0) is 76.6 Å². The fourth-order valence-corrected chi connectivity index (χ4v) is 3.28. The summed E-state index contributed by atoms with van der Waals surface area (Å²) in [4.78, 5) is 8.70. The van der Waals surface area contributed by atoms with Gasteiger partial charge in [-0.25, -0.2) is 0 Å². The molecule has 0 radical (unpaired) electrons. The van der Waals surface area contributed by atoms with E-state index in [9.17, 15) is 5.11 Å². The Hall–Kier alpha value is -4.35. The van der Waals surface area contributed by atoms with Gasteiger partial charge in [0.25, 0.3) is 0 Å².